The third kappa shape index (κ3) is 4.44. The summed E-state index contributed by atoms with van der Waals surface area (Å²) in [6, 6.07) is 5.99. The summed E-state index contributed by atoms with van der Waals surface area (Å²) in [7, 11) is 1.75. The molecule has 0 bridgehead atoms. The van der Waals surface area contributed by atoms with E-state index < -0.39 is 0 Å². The minimum absolute atomic E-state index is 0.0759. The van der Waals surface area contributed by atoms with E-state index in [1.165, 1.54) is 17.4 Å². The minimum Gasteiger partial charge on any atom is -0.372 e. The van der Waals surface area contributed by atoms with E-state index in [-0.39, 0.29) is 11.7 Å². The molecule has 0 aliphatic carbocycles. The molecule has 0 atom stereocenters. The van der Waals surface area contributed by atoms with Gasteiger partial charge in [-0.25, -0.2) is 4.68 Å². The van der Waals surface area contributed by atoms with E-state index in [1.807, 2.05) is 12.1 Å². The van der Waals surface area contributed by atoms with Crippen molar-refractivity contribution in [3.63, 3.8) is 0 Å². The number of carbonyl (C=O) groups is 1. The van der Waals surface area contributed by atoms with Gasteiger partial charge < -0.3 is 10.2 Å². The highest BCUT2D eigenvalue weighted by Crippen LogP contribution is 2.23. The summed E-state index contributed by atoms with van der Waals surface area (Å²) in [6.07, 6.45) is 0. The van der Waals surface area contributed by atoms with Gasteiger partial charge >= 0.3 is 0 Å². The highest BCUT2D eigenvalue weighted by molar-refractivity contribution is 7.99. The number of anilines is 2. The number of nitrogens with zero attached hydrogens (tertiary/aromatic N) is 5. The fourth-order valence-corrected chi connectivity index (χ4v) is 2.97. The Morgan fingerprint density at radius 3 is 2.65 bits per heavy atom. The number of carbonyl (C=O) groups excluding carboxylic acids is 1. The van der Waals surface area contributed by atoms with Crippen LogP contribution in [0.1, 0.15) is 19.4 Å². The van der Waals surface area contributed by atoms with E-state index in [0.29, 0.717) is 5.16 Å². The molecule has 1 amide bonds. The van der Waals surface area contributed by atoms with E-state index in [9.17, 15) is 4.79 Å². The minimum atomic E-state index is -0.0759. The number of hydrogen-bond acceptors (Lipinski definition) is 6. The predicted octanol–water partition coefficient (Wildman–Crippen LogP) is 2.10. The summed E-state index contributed by atoms with van der Waals surface area (Å²) in [4.78, 5) is 14.3. The van der Waals surface area contributed by atoms with E-state index in [0.717, 1.165) is 24.3 Å². The molecule has 0 unspecified atom stereocenters. The van der Waals surface area contributed by atoms with Crippen molar-refractivity contribution in [1.82, 2.24) is 20.2 Å². The molecule has 1 N–H and O–H groups in total. The fraction of sp³-hybridized carbons (Fsp3) is 0.467. The SMILES string of the molecule is CCN(CC)c1ccc(NC(=O)CSc2nnnn2C)cc1C. The Morgan fingerprint density at radius 1 is 1.35 bits per heavy atom. The molecule has 7 nitrogen and oxygen atoms in total. The van der Waals surface area contributed by atoms with Crippen molar-refractivity contribution in [3.05, 3.63) is 23.8 Å². The van der Waals surface area contributed by atoms with Crippen LogP contribution in [0.25, 0.3) is 0 Å². The number of thioether (sulfide) groups is 1. The summed E-state index contributed by atoms with van der Waals surface area (Å²) in [6.45, 7) is 8.26. The molecule has 0 radical (unpaired) electrons. The maximum absolute atomic E-state index is 12.0. The molecular formula is C15H22N6OS. The van der Waals surface area contributed by atoms with E-state index in [2.05, 4.69) is 52.6 Å². The molecule has 2 rings (SSSR count). The highest BCUT2D eigenvalue weighted by Gasteiger charge is 2.10. The van der Waals surface area contributed by atoms with Crippen LogP contribution in [0.4, 0.5) is 11.4 Å². The molecule has 0 saturated carbocycles. The number of benzene rings is 1. The molecule has 8 heteroatoms. The number of tetrazole rings is 1. The van der Waals surface area contributed by atoms with E-state index in [1.54, 1.807) is 11.7 Å². The first-order chi connectivity index (χ1) is 11.0. The van der Waals surface area contributed by atoms with Crippen LogP contribution in [0.3, 0.4) is 0 Å². The Hall–Kier alpha value is -2.09. The van der Waals surface area contributed by atoms with Crippen LogP contribution >= 0.6 is 11.8 Å². The van der Waals surface area contributed by atoms with E-state index in [4.69, 9.17) is 0 Å². The van der Waals surface area contributed by atoms with Crippen molar-refractivity contribution in [2.24, 2.45) is 7.05 Å². The maximum Gasteiger partial charge on any atom is 0.234 e. The van der Waals surface area contributed by atoms with Gasteiger partial charge in [0.1, 0.15) is 0 Å². The molecule has 2 aromatic rings. The van der Waals surface area contributed by atoms with Gasteiger partial charge in [-0.3, -0.25) is 4.79 Å². The molecule has 1 aromatic carbocycles. The van der Waals surface area contributed by atoms with Crippen molar-refractivity contribution < 1.29 is 4.79 Å². The Labute approximate surface area is 140 Å². The number of aromatic nitrogens is 4. The molecular weight excluding hydrogens is 312 g/mol. The first-order valence-electron chi connectivity index (χ1n) is 7.55. The third-order valence-electron chi connectivity index (χ3n) is 3.50. The molecule has 1 heterocycles. The van der Waals surface area contributed by atoms with Gasteiger partial charge in [0, 0.05) is 31.5 Å². The zero-order valence-electron chi connectivity index (χ0n) is 13.9. The number of hydrogen-bond donors (Lipinski definition) is 1. The summed E-state index contributed by atoms with van der Waals surface area (Å²) >= 11 is 1.31. The summed E-state index contributed by atoms with van der Waals surface area (Å²) in [5.41, 5.74) is 3.16. The van der Waals surface area contributed by atoms with Gasteiger partial charge in [-0.05, 0) is 55.0 Å². The van der Waals surface area contributed by atoms with Crippen LogP contribution in [0.15, 0.2) is 23.4 Å². The summed E-state index contributed by atoms with van der Waals surface area (Å²) < 4.78 is 1.54. The van der Waals surface area contributed by atoms with Crippen molar-refractivity contribution in [2.45, 2.75) is 25.9 Å². The van der Waals surface area contributed by atoms with Crippen LogP contribution in [0.2, 0.25) is 0 Å². The van der Waals surface area contributed by atoms with Crippen molar-refractivity contribution in [1.29, 1.82) is 0 Å². The third-order valence-corrected chi connectivity index (χ3v) is 4.51. The lowest BCUT2D eigenvalue weighted by Crippen LogP contribution is -2.22. The molecule has 0 saturated heterocycles. The average Bonchev–Trinajstić information content (AvgIpc) is 2.93. The van der Waals surface area contributed by atoms with E-state index >= 15 is 0 Å². The quantitative estimate of drug-likeness (QED) is 0.782. The van der Waals surface area contributed by atoms with Gasteiger partial charge in [0.05, 0.1) is 5.75 Å². The Morgan fingerprint density at radius 2 is 2.09 bits per heavy atom. The molecule has 0 aliphatic heterocycles. The topological polar surface area (TPSA) is 75.9 Å². The van der Waals surface area contributed by atoms with Gasteiger partial charge in [-0.2, -0.15) is 0 Å². The molecule has 0 spiro atoms. The van der Waals surface area contributed by atoms with Crippen molar-refractivity contribution in [3.8, 4) is 0 Å². The lowest BCUT2D eigenvalue weighted by molar-refractivity contribution is -0.113. The average molecular weight is 334 g/mol. The zero-order chi connectivity index (χ0) is 16.8. The van der Waals surface area contributed by atoms with Crippen LogP contribution in [-0.4, -0.2) is 45.0 Å². The summed E-state index contributed by atoms with van der Waals surface area (Å²) in [5, 5.41) is 14.6. The number of amides is 1. The smallest absolute Gasteiger partial charge is 0.234 e. The summed E-state index contributed by atoms with van der Waals surface area (Å²) in [5.74, 6) is 0.193. The largest absolute Gasteiger partial charge is 0.372 e. The van der Waals surface area contributed by atoms with Crippen LogP contribution in [0, 0.1) is 6.92 Å². The number of rotatable bonds is 7. The number of nitrogens with one attached hydrogen (secondary N) is 1. The maximum atomic E-state index is 12.0. The first-order valence-corrected chi connectivity index (χ1v) is 8.54. The zero-order valence-corrected chi connectivity index (χ0v) is 14.7. The molecule has 23 heavy (non-hydrogen) atoms. The molecule has 0 aliphatic rings. The van der Waals surface area contributed by atoms with Crippen LogP contribution in [-0.2, 0) is 11.8 Å². The van der Waals surface area contributed by atoms with Gasteiger partial charge in [-0.15, -0.1) is 5.10 Å². The first kappa shape index (κ1) is 17.3. The normalized spacial score (nSPS) is 10.6. The van der Waals surface area contributed by atoms with Crippen molar-refractivity contribution in [2.75, 3.05) is 29.1 Å². The Balaban J connectivity index is 1.96. The monoisotopic (exact) mass is 334 g/mol. The fourth-order valence-electron chi connectivity index (χ4n) is 2.32. The number of aryl methyl sites for hydroxylation is 2. The highest BCUT2D eigenvalue weighted by atomic mass is 32.2. The second-order valence-corrected chi connectivity index (χ2v) is 6.04. The standard InChI is InChI=1S/C15H22N6OS/c1-5-21(6-2)13-8-7-12(9-11(13)3)16-14(22)10-23-15-17-18-19-20(15)4/h7-9H,5-6,10H2,1-4H3,(H,16,22). The van der Waals surface area contributed by atoms with Crippen LogP contribution in [0.5, 0.6) is 0 Å². The molecule has 0 fully saturated rings. The lowest BCUT2D eigenvalue weighted by Gasteiger charge is -2.23. The Bertz CT molecular complexity index is 668. The molecule has 124 valence electrons. The molecule has 1 aromatic heterocycles. The van der Waals surface area contributed by atoms with Gasteiger partial charge in [-0.1, -0.05) is 11.8 Å². The van der Waals surface area contributed by atoms with Gasteiger partial charge in [0.15, 0.2) is 0 Å². The van der Waals surface area contributed by atoms with Crippen molar-refractivity contribution >= 4 is 29.0 Å². The Kier molecular flexibility index (Phi) is 5.97. The van der Waals surface area contributed by atoms with Gasteiger partial charge in [0.2, 0.25) is 11.1 Å². The second-order valence-electron chi connectivity index (χ2n) is 5.10. The van der Waals surface area contributed by atoms with Crippen LogP contribution < -0.4 is 10.2 Å². The lowest BCUT2D eigenvalue weighted by atomic mass is 10.1. The second kappa shape index (κ2) is 7.96. The van der Waals surface area contributed by atoms with Gasteiger partial charge in [0.25, 0.3) is 0 Å². The predicted molar refractivity (Wildman–Crippen MR) is 92.9 cm³/mol.